The third kappa shape index (κ3) is 1.83. The van der Waals surface area contributed by atoms with E-state index in [1.165, 1.54) is 31.2 Å². The summed E-state index contributed by atoms with van der Waals surface area (Å²) in [5.41, 5.74) is 7.78. The quantitative estimate of drug-likeness (QED) is 0.722. The topological polar surface area (TPSA) is 26.0 Å². The molecule has 0 spiro atoms. The first-order valence-corrected chi connectivity index (χ1v) is 5.52. The van der Waals surface area contributed by atoms with Crippen LogP contribution in [0.25, 0.3) is 0 Å². The predicted octanol–water partition coefficient (Wildman–Crippen LogP) is 2.85. The molecule has 1 heteroatoms. The maximum absolute atomic E-state index is 5.93. The van der Waals surface area contributed by atoms with Crippen molar-refractivity contribution in [1.29, 1.82) is 0 Å². The molecule has 1 aromatic rings. The molecule has 14 heavy (non-hydrogen) atoms. The van der Waals surface area contributed by atoms with Gasteiger partial charge in [-0.1, -0.05) is 37.3 Å². The van der Waals surface area contributed by atoms with Crippen LogP contribution in [0.2, 0.25) is 0 Å². The average Bonchev–Trinajstić information content (AvgIpc) is 2.24. The van der Waals surface area contributed by atoms with Gasteiger partial charge >= 0.3 is 0 Å². The van der Waals surface area contributed by atoms with Gasteiger partial charge in [-0.05, 0) is 36.7 Å². The van der Waals surface area contributed by atoms with Crippen molar-refractivity contribution in [3.63, 3.8) is 0 Å². The molecule has 0 radical (unpaired) electrons. The number of hydrogen-bond acceptors (Lipinski definition) is 1. The zero-order valence-electron chi connectivity index (χ0n) is 8.87. The number of rotatable bonds is 1. The molecule has 0 aromatic heterocycles. The Balaban J connectivity index is 2.17. The predicted molar refractivity (Wildman–Crippen MR) is 60.2 cm³/mol. The third-order valence-electron chi connectivity index (χ3n) is 3.60. The summed E-state index contributed by atoms with van der Waals surface area (Å²) in [6, 6.07) is 11.3. The van der Waals surface area contributed by atoms with Crippen LogP contribution in [0, 0.1) is 0 Å². The lowest BCUT2D eigenvalue weighted by atomic mass is 9.70. The van der Waals surface area contributed by atoms with Crippen molar-refractivity contribution in [2.24, 2.45) is 5.73 Å². The fraction of sp³-hybridized carbons (Fsp3) is 0.538. The second-order valence-corrected chi connectivity index (χ2v) is 4.76. The highest BCUT2D eigenvalue weighted by Crippen LogP contribution is 2.38. The highest BCUT2D eigenvalue weighted by molar-refractivity contribution is 5.25. The summed E-state index contributed by atoms with van der Waals surface area (Å²) in [6.07, 6.45) is 4.81. The summed E-state index contributed by atoms with van der Waals surface area (Å²) >= 11 is 0. The van der Waals surface area contributed by atoms with Crippen LogP contribution in [0.5, 0.6) is 0 Å². The zero-order valence-corrected chi connectivity index (χ0v) is 8.87. The number of hydrogen-bond donors (Lipinski definition) is 1. The monoisotopic (exact) mass is 189 g/mol. The van der Waals surface area contributed by atoms with Crippen LogP contribution in [-0.4, -0.2) is 6.04 Å². The molecule has 1 aliphatic carbocycles. The standard InChI is InChI=1S/C13H19N/c1-13(9-7-12(14)8-10-13)11-5-3-2-4-6-11/h2-6,12H,7-10,14H2,1H3. The lowest BCUT2D eigenvalue weighted by Gasteiger charge is -2.36. The van der Waals surface area contributed by atoms with E-state index < -0.39 is 0 Å². The Labute approximate surface area is 86.3 Å². The van der Waals surface area contributed by atoms with E-state index in [0.29, 0.717) is 11.5 Å². The Morgan fingerprint density at radius 1 is 1.14 bits per heavy atom. The Morgan fingerprint density at radius 3 is 2.29 bits per heavy atom. The van der Waals surface area contributed by atoms with Gasteiger partial charge in [0.1, 0.15) is 0 Å². The summed E-state index contributed by atoms with van der Waals surface area (Å²) < 4.78 is 0. The summed E-state index contributed by atoms with van der Waals surface area (Å²) in [5, 5.41) is 0. The average molecular weight is 189 g/mol. The van der Waals surface area contributed by atoms with E-state index in [-0.39, 0.29) is 0 Å². The smallest absolute Gasteiger partial charge is 0.00394 e. The minimum absolute atomic E-state index is 0.372. The number of nitrogens with two attached hydrogens (primary N) is 1. The minimum atomic E-state index is 0.372. The molecule has 0 heterocycles. The normalized spacial score (nSPS) is 32.9. The van der Waals surface area contributed by atoms with Crippen molar-refractivity contribution in [1.82, 2.24) is 0 Å². The Bertz CT molecular complexity index is 283. The van der Waals surface area contributed by atoms with Crippen LogP contribution in [-0.2, 0) is 5.41 Å². The molecule has 1 aromatic carbocycles. The van der Waals surface area contributed by atoms with Crippen molar-refractivity contribution in [2.45, 2.75) is 44.1 Å². The van der Waals surface area contributed by atoms with E-state index in [9.17, 15) is 0 Å². The molecule has 0 saturated heterocycles. The SMILES string of the molecule is CC1(c2ccccc2)CCC(N)CC1. The van der Waals surface area contributed by atoms with Crippen LogP contribution >= 0.6 is 0 Å². The second kappa shape index (κ2) is 3.74. The van der Waals surface area contributed by atoms with Gasteiger partial charge in [0, 0.05) is 6.04 Å². The van der Waals surface area contributed by atoms with Gasteiger partial charge in [0.05, 0.1) is 0 Å². The molecule has 76 valence electrons. The van der Waals surface area contributed by atoms with Crippen molar-refractivity contribution >= 4 is 0 Å². The van der Waals surface area contributed by atoms with Crippen molar-refractivity contribution in [3.05, 3.63) is 35.9 Å². The fourth-order valence-corrected chi connectivity index (χ4v) is 2.41. The van der Waals surface area contributed by atoms with Crippen LogP contribution in [0.4, 0.5) is 0 Å². The molecule has 1 nitrogen and oxygen atoms in total. The molecule has 0 aliphatic heterocycles. The van der Waals surface area contributed by atoms with Crippen molar-refractivity contribution < 1.29 is 0 Å². The van der Waals surface area contributed by atoms with E-state index in [1.54, 1.807) is 0 Å². The lowest BCUT2D eigenvalue weighted by molar-refractivity contribution is 0.292. The summed E-state index contributed by atoms with van der Waals surface area (Å²) in [4.78, 5) is 0. The molecular weight excluding hydrogens is 170 g/mol. The molecule has 2 N–H and O–H groups in total. The maximum atomic E-state index is 5.93. The summed E-state index contributed by atoms with van der Waals surface area (Å²) in [5.74, 6) is 0. The Hall–Kier alpha value is -0.820. The highest BCUT2D eigenvalue weighted by Gasteiger charge is 2.30. The van der Waals surface area contributed by atoms with Gasteiger partial charge in [-0.25, -0.2) is 0 Å². The van der Waals surface area contributed by atoms with Crippen molar-refractivity contribution in [3.8, 4) is 0 Å². The minimum Gasteiger partial charge on any atom is -0.328 e. The van der Waals surface area contributed by atoms with Gasteiger partial charge in [-0.2, -0.15) is 0 Å². The van der Waals surface area contributed by atoms with Gasteiger partial charge in [-0.15, -0.1) is 0 Å². The van der Waals surface area contributed by atoms with E-state index in [1.807, 2.05) is 0 Å². The molecule has 1 aliphatic rings. The van der Waals surface area contributed by atoms with Gasteiger partial charge in [0.2, 0.25) is 0 Å². The van der Waals surface area contributed by atoms with Crippen LogP contribution < -0.4 is 5.73 Å². The van der Waals surface area contributed by atoms with E-state index in [2.05, 4.69) is 37.3 Å². The van der Waals surface area contributed by atoms with Gasteiger partial charge in [0.15, 0.2) is 0 Å². The maximum Gasteiger partial charge on any atom is 0.00394 e. The molecule has 0 atom stereocenters. The largest absolute Gasteiger partial charge is 0.328 e. The van der Waals surface area contributed by atoms with Gasteiger partial charge < -0.3 is 5.73 Å². The lowest BCUT2D eigenvalue weighted by Crippen LogP contribution is -2.34. The van der Waals surface area contributed by atoms with Crippen LogP contribution in [0.15, 0.2) is 30.3 Å². The molecule has 1 fully saturated rings. The molecule has 0 amide bonds. The Kier molecular flexibility index (Phi) is 2.60. The summed E-state index contributed by atoms with van der Waals surface area (Å²) in [7, 11) is 0. The van der Waals surface area contributed by atoms with E-state index in [0.717, 1.165) is 0 Å². The second-order valence-electron chi connectivity index (χ2n) is 4.76. The van der Waals surface area contributed by atoms with Gasteiger partial charge in [0.25, 0.3) is 0 Å². The first-order valence-electron chi connectivity index (χ1n) is 5.52. The van der Waals surface area contributed by atoms with Gasteiger partial charge in [-0.3, -0.25) is 0 Å². The summed E-state index contributed by atoms with van der Waals surface area (Å²) in [6.45, 7) is 2.37. The Morgan fingerprint density at radius 2 is 1.71 bits per heavy atom. The molecule has 2 rings (SSSR count). The first kappa shape index (κ1) is 9.72. The highest BCUT2D eigenvalue weighted by atomic mass is 14.6. The van der Waals surface area contributed by atoms with E-state index >= 15 is 0 Å². The molecule has 0 unspecified atom stereocenters. The third-order valence-corrected chi connectivity index (χ3v) is 3.60. The fourth-order valence-electron chi connectivity index (χ4n) is 2.41. The van der Waals surface area contributed by atoms with E-state index in [4.69, 9.17) is 5.73 Å². The zero-order chi connectivity index (χ0) is 10.0. The molecule has 0 bridgehead atoms. The van der Waals surface area contributed by atoms with Crippen LogP contribution in [0.1, 0.15) is 38.2 Å². The molecular formula is C13H19N. The number of benzene rings is 1. The first-order chi connectivity index (χ1) is 6.71. The van der Waals surface area contributed by atoms with Crippen molar-refractivity contribution in [2.75, 3.05) is 0 Å². The van der Waals surface area contributed by atoms with Crippen LogP contribution in [0.3, 0.4) is 0 Å². The molecule has 1 saturated carbocycles.